The van der Waals surface area contributed by atoms with Gasteiger partial charge in [0.2, 0.25) is 23.3 Å². The number of aromatic hydroxyl groups is 1. The minimum Gasteiger partial charge on any atom is -0.507 e. The highest BCUT2D eigenvalue weighted by molar-refractivity contribution is 6.20. The molecule has 0 saturated heterocycles. The second-order valence-electron chi connectivity index (χ2n) is 18.1. The number of hydrogen-bond donors (Lipinski definition) is 7. The van der Waals surface area contributed by atoms with Gasteiger partial charge < -0.3 is 64.7 Å². The summed E-state index contributed by atoms with van der Waals surface area (Å²) in [7, 11) is 10.2. The van der Waals surface area contributed by atoms with Gasteiger partial charge in [-0.3, -0.25) is 28.8 Å². The van der Waals surface area contributed by atoms with Crippen molar-refractivity contribution >= 4 is 97.7 Å². The molecule has 0 fully saturated rings. The lowest BCUT2D eigenvalue weighted by Gasteiger charge is -2.18. The Morgan fingerprint density at radius 2 is 1.21 bits per heavy atom. The van der Waals surface area contributed by atoms with Gasteiger partial charge in [0, 0.05) is 106 Å². The van der Waals surface area contributed by atoms with Crippen molar-refractivity contribution in [2.75, 3.05) is 65.8 Å². The molecular formula is C49H51ClN16O7. The number of aryl methyl sites for hydroxylation is 5. The summed E-state index contributed by atoms with van der Waals surface area (Å²) < 4.78 is 5.69. The first-order valence-corrected chi connectivity index (χ1v) is 23.5. The number of nitrogens with one attached hydrogen (secondary N) is 6. The van der Waals surface area contributed by atoms with E-state index >= 15 is 0 Å². The number of nitrogens with zero attached hydrogens (tertiary/aromatic N) is 10. The third kappa shape index (κ3) is 9.94. The van der Waals surface area contributed by atoms with Gasteiger partial charge in [-0.15, -0.1) is 11.6 Å². The Morgan fingerprint density at radius 3 is 1.73 bits per heavy atom. The monoisotopic (exact) mass is 1010 g/mol. The minimum absolute atomic E-state index is 0.0168. The summed E-state index contributed by atoms with van der Waals surface area (Å²) in [5, 5.41) is 26.6. The first-order chi connectivity index (χ1) is 34.8. The number of aromatic amines is 1. The van der Waals surface area contributed by atoms with Gasteiger partial charge in [0.25, 0.3) is 35.4 Å². The van der Waals surface area contributed by atoms with Crippen LogP contribution < -0.4 is 31.5 Å². The van der Waals surface area contributed by atoms with E-state index in [0.29, 0.717) is 28.7 Å². The molecule has 6 heterocycles. The number of fused-ring (bicyclic) bond motifs is 4. The van der Waals surface area contributed by atoms with E-state index in [-0.39, 0.29) is 88.0 Å². The van der Waals surface area contributed by atoms with Crippen LogP contribution in [0.5, 0.6) is 5.75 Å². The zero-order valence-electron chi connectivity index (χ0n) is 40.8. The number of alkyl halides is 1. The highest BCUT2D eigenvalue weighted by Crippen LogP contribution is 2.46. The molecule has 0 bridgehead atoms. The van der Waals surface area contributed by atoms with Gasteiger partial charge in [0.05, 0.1) is 5.69 Å². The van der Waals surface area contributed by atoms with Gasteiger partial charge in [0.1, 0.15) is 11.4 Å². The van der Waals surface area contributed by atoms with Gasteiger partial charge in [-0.25, -0.2) is 19.9 Å². The van der Waals surface area contributed by atoms with Crippen molar-refractivity contribution in [1.82, 2.24) is 53.4 Å². The van der Waals surface area contributed by atoms with E-state index in [4.69, 9.17) is 11.6 Å². The Kier molecular flexibility index (Phi) is 13.3. The highest BCUT2D eigenvalue weighted by Gasteiger charge is 2.36. The number of anilines is 5. The molecule has 24 heteroatoms. The van der Waals surface area contributed by atoms with Crippen molar-refractivity contribution in [3.63, 3.8) is 0 Å². The van der Waals surface area contributed by atoms with E-state index in [1.165, 1.54) is 43.1 Å². The van der Waals surface area contributed by atoms with Crippen LogP contribution in [-0.4, -0.2) is 128 Å². The molecule has 5 aromatic heterocycles. The molecule has 1 aliphatic heterocycles. The van der Waals surface area contributed by atoms with E-state index in [9.17, 15) is 33.9 Å². The fraction of sp³-hybridized carbons (Fsp3) is 0.265. The normalized spacial score (nSPS) is 13.2. The standard InChI is InChI=1S/C49H51ClN16O7/c1-25-9-12-31-27(15-25)17-32(52-31)49(73)66-20-28(19-50)39-30-16-26(10-11-29(30)34(67)18-33(39)66)44(68)57-35-21-63(5)41(54-35)46(70)59-37-23-65(7)43(56-37)48(72)60-38-24-64(6)42(55-38)47(71)58-36-22-62(4)40(53-36)45(69)51-13-8-14-61(2)3/h9-12,15-18,21-24,28,52,67H,8,13-14,19-20H2,1-7H3,(H,51,69)(H,57,68)(H,58,71)(H,59,70)(H,60,72). The van der Waals surface area contributed by atoms with Crippen molar-refractivity contribution in [2.24, 2.45) is 28.2 Å². The number of hydrogen-bond acceptors (Lipinski definition) is 12. The summed E-state index contributed by atoms with van der Waals surface area (Å²) in [5.74, 6) is -3.35. The third-order valence-corrected chi connectivity index (χ3v) is 12.7. The van der Waals surface area contributed by atoms with Crippen LogP contribution in [0, 0.1) is 6.92 Å². The van der Waals surface area contributed by atoms with Gasteiger partial charge >= 0.3 is 0 Å². The number of imidazole rings is 4. The van der Waals surface area contributed by atoms with Crippen molar-refractivity contribution in [3.8, 4) is 5.75 Å². The lowest BCUT2D eigenvalue weighted by atomic mass is 9.94. The summed E-state index contributed by atoms with van der Waals surface area (Å²) in [5.41, 5.74) is 3.71. The number of amides is 6. The zero-order valence-corrected chi connectivity index (χ0v) is 41.5. The van der Waals surface area contributed by atoms with E-state index in [2.05, 4.69) is 51.5 Å². The molecule has 8 aromatic rings. The molecule has 6 amide bonds. The van der Waals surface area contributed by atoms with Crippen LogP contribution in [0.25, 0.3) is 21.7 Å². The van der Waals surface area contributed by atoms with Gasteiger partial charge in [-0.05, 0) is 81.3 Å². The molecule has 376 valence electrons. The van der Waals surface area contributed by atoms with Gasteiger partial charge in [-0.1, -0.05) is 11.6 Å². The predicted octanol–water partition coefficient (Wildman–Crippen LogP) is 4.94. The van der Waals surface area contributed by atoms with Crippen molar-refractivity contribution in [2.45, 2.75) is 19.3 Å². The van der Waals surface area contributed by atoms with Crippen molar-refractivity contribution < 1.29 is 33.9 Å². The van der Waals surface area contributed by atoms with E-state index in [1.807, 2.05) is 44.1 Å². The molecule has 0 saturated carbocycles. The van der Waals surface area contributed by atoms with Gasteiger partial charge in [-0.2, -0.15) is 0 Å². The van der Waals surface area contributed by atoms with Crippen LogP contribution >= 0.6 is 11.6 Å². The van der Waals surface area contributed by atoms with Crippen LogP contribution in [-0.2, 0) is 28.2 Å². The van der Waals surface area contributed by atoms with E-state index < -0.39 is 23.6 Å². The lowest BCUT2D eigenvalue weighted by Crippen LogP contribution is -2.30. The minimum atomic E-state index is -0.695. The van der Waals surface area contributed by atoms with Crippen LogP contribution in [0.2, 0.25) is 0 Å². The molecule has 0 spiro atoms. The van der Waals surface area contributed by atoms with Crippen molar-refractivity contribution in [1.29, 1.82) is 0 Å². The molecule has 1 unspecified atom stereocenters. The highest BCUT2D eigenvalue weighted by atomic mass is 35.5. The van der Waals surface area contributed by atoms with E-state index in [0.717, 1.165) is 35.0 Å². The average molecular weight is 1010 g/mol. The smallest absolute Gasteiger partial charge is 0.292 e. The fourth-order valence-corrected chi connectivity index (χ4v) is 9.03. The Bertz CT molecular complexity index is 3540. The number of halogens is 1. The van der Waals surface area contributed by atoms with E-state index in [1.54, 1.807) is 63.4 Å². The Morgan fingerprint density at radius 1 is 0.685 bits per heavy atom. The summed E-state index contributed by atoms with van der Waals surface area (Å²) >= 11 is 6.51. The molecule has 1 aliphatic rings. The maximum absolute atomic E-state index is 14.0. The predicted molar refractivity (Wildman–Crippen MR) is 274 cm³/mol. The Labute approximate surface area is 421 Å². The number of carbonyl (C=O) groups is 6. The molecule has 3 aromatic carbocycles. The maximum atomic E-state index is 14.0. The molecular weight excluding hydrogens is 960 g/mol. The topological polar surface area (TPSA) is 276 Å². The number of H-pyrrole nitrogens is 1. The number of phenols is 1. The third-order valence-electron chi connectivity index (χ3n) is 12.3. The Balaban J connectivity index is 0.836. The molecule has 0 radical (unpaired) electrons. The first-order valence-electron chi connectivity index (χ1n) is 22.9. The molecule has 73 heavy (non-hydrogen) atoms. The SMILES string of the molecule is Cc1ccc2[nH]c(C(=O)N3CC(CCl)c4c3cc(O)c3ccc(C(=O)Nc5cn(C)c(C(=O)Nc6cn(C)c(C(=O)Nc7cn(C)c(C(=O)Nc8cn(C)c(C(=O)NCCCN(C)C)n8)n7)n6)n5)cc43)cc2c1. The maximum Gasteiger partial charge on any atom is 0.292 e. The number of phenolic OH excluding ortho intramolecular Hbond substituents is 1. The Hall–Kier alpha value is -8.83. The molecule has 7 N–H and O–H groups in total. The quantitative estimate of drug-likeness (QED) is 0.0532. The van der Waals surface area contributed by atoms with Crippen LogP contribution in [0.3, 0.4) is 0 Å². The summed E-state index contributed by atoms with van der Waals surface area (Å²) in [4.78, 5) is 105. The van der Waals surface area contributed by atoms with Crippen LogP contribution in [0.1, 0.15) is 86.8 Å². The van der Waals surface area contributed by atoms with Crippen LogP contribution in [0.15, 0.2) is 73.3 Å². The second-order valence-corrected chi connectivity index (χ2v) is 18.4. The van der Waals surface area contributed by atoms with Crippen molar-refractivity contribution in [3.05, 3.63) is 119 Å². The molecule has 23 nitrogen and oxygen atoms in total. The summed E-state index contributed by atoms with van der Waals surface area (Å²) in [6, 6.07) is 14.0. The fourth-order valence-electron chi connectivity index (χ4n) is 8.78. The first kappa shape index (κ1) is 49.2. The van der Waals surface area contributed by atoms with Gasteiger partial charge in [0.15, 0.2) is 23.3 Å². The molecule has 9 rings (SSSR count). The summed E-state index contributed by atoms with van der Waals surface area (Å²) in [6.45, 7) is 3.51. The number of carbonyl (C=O) groups excluding carboxylic acids is 6. The number of rotatable bonds is 15. The lowest BCUT2D eigenvalue weighted by molar-refractivity contribution is 0.0935. The second kappa shape index (κ2) is 19.8. The molecule has 0 aliphatic carbocycles. The number of aromatic nitrogens is 9. The number of benzene rings is 3. The largest absolute Gasteiger partial charge is 0.507 e. The average Bonchev–Trinajstić information content (AvgIpc) is 4.21. The molecule has 1 atom stereocenters. The zero-order chi connectivity index (χ0) is 52.0. The van der Waals surface area contributed by atoms with Crippen LogP contribution in [0.4, 0.5) is 29.0 Å². The summed E-state index contributed by atoms with van der Waals surface area (Å²) in [6.07, 6.45) is 6.55.